The second-order valence-corrected chi connectivity index (χ2v) is 6.66. The molecule has 1 aliphatic heterocycles. The molecule has 0 radical (unpaired) electrons. The number of hydrogen-bond donors (Lipinski definition) is 2. The minimum Gasteiger partial charge on any atom is -0.352 e. The van der Waals surface area contributed by atoms with Crippen molar-refractivity contribution in [2.45, 2.75) is 12.8 Å². The number of halogens is 1. The molecule has 0 spiro atoms. The summed E-state index contributed by atoms with van der Waals surface area (Å²) in [6.07, 6.45) is 3.43. The Kier molecular flexibility index (Phi) is 5.43. The molecule has 0 unspecified atom stereocenters. The highest BCUT2D eigenvalue weighted by atomic mass is 35.5. The standard InChI is InChI=1S/C17H18ClN3OS/c18-15-4-2-1-3-14(15)17-21-13(11-23-17)9-16(22)20-10-12-5-7-19-8-6-12/h1-5,11,19H,6-10H2,(H,20,22). The van der Waals surface area contributed by atoms with E-state index in [9.17, 15) is 4.79 Å². The lowest BCUT2D eigenvalue weighted by Gasteiger charge is -2.14. The van der Waals surface area contributed by atoms with Crippen LogP contribution in [-0.2, 0) is 11.2 Å². The van der Waals surface area contributed by atoms with Crippen LogP contribution in [0.15, 0.2) is 41.3 Å². The minimum absolute atomic E-state index is 0.000409. The van der Waals surface area contributed by atoms with Crippen LogP contribution in [0.4, 0.5) is 0 Å². The normalized spacial score (nSPS) is 14.4. The summed E-state index contributed by atoms with van der Waals surface area (Å²) >= 11 is 7.70. The van der Waals surface area contributed by atoms with Crippen molar-refractivity contribution < 1.29 is 4.79 Å². The van der Waals surface area contributed by atoms with Crippen molar-refractivity contribution >= 4 is 28.8 Å². The summed E-state index contributed by atoms with van der Waals surface area (Å²) in [7, 11) is 0. The van der Waals surface area contributed by atoms with Gasteiger partial charge in [-0.2, -0.15) is 0 Å². The van der Waals surface area contributed by atoms with Gasteiger partial charge in [-0.25, -0.2) is 4.98 Å². The Bertz CT molecular complexity index is 726. The van der Waals surface area contributed by atoms with Crippen molar-refractivity contribution in [3.05, 3.63) is 52.0 Å². The first kappa shape index (κ1) is 16.2. The lowest BCUT2D eigenvalue weighted by Crippen LogP contribution is -2.30. The van der Waals surface area contributed by atoms with E-state index in [0.29, 0.717) is 18.0 Å². The van der Waals surface area contributed by atoms with Crippen LogP contribution < -0.4 is 10.6 Å². The second-order valence-electron chi connectivity index (χ2n) is 5.39. The third kappa shape index (κ3) is 4.41. The molecule has 0 saturated carbocycles. The molecule has 2 N–H and O–H groups in total. The monoisotopic (exact) mass is 347 g/mol. The van der Waals surface area contributed by atoms with E-state index in [2.05, 4.69) is 21.7 Å². The van der Waals surface area contributed by atoms with Crippen molar-refractivity contribution in [3.8, 4) is 10.6 Å². The van der Waals surface area contributed by atoms with Gasteiger partial charge in [0.25, 0.3) is 0 Å². The van der Waals surface area contributed by atoms with Crippen LogP contribution in [0.5, 0.6) is 0 Å². The number of hydrogen-bond acceptors (Lipinski definition) is 4. The summed E-state index contributed by atoms with van der Waals surface area (Å²) in [6.45, 7) is 2.50. The van der Waals surface area contributed by atoms with Gasteiger partial charge in [-0.3, -0.25) is 4.79 Å². The number of thiazole rings is 1. The molecular weight excluding hydrogens is 330 g/mol. The fourth-order valence-electron chi connectivity index (χ4n) is 2.42. The van der Waals surface area contributed by atoms with Crippen LogP contribution in [0.3, 0.4) is 0 Å². The lowest BCUT2D eigenvalue weighted by molar-refractivity contribution is -0.120. The first-order chi connectivity index (χ1) is 11.2. The molecule has 0 aliphatic carbocycles. The van der Waals surface area contributed by atoms with Crippen LogP contribution in [0.1, 0.15) is 12.1 Å². The topological polar surface area (TPSA) is 54.0 Å². The molecule has 2 heterocycles. The molecule has 6 heteroatoms. The fraction of sp³-hybridized carbons (Fsp3) is 0.294. The smallest absolute Gasteiger partial charge is 0.226 e. The van der Waals surface area contributed by atoms with E-state index >= 15 is 0 Å². The second kappa shape index (κ2) is 7.73. The van der Waals surface area contributed by atoms with Crippen molar-refractivity contribution in [2.75, 3.05) is 19.6 Å². The molecule has 0 saturated heterocycles. The fourth-order valence-corrected chi connectivity index (χ4v) is 3.56. The van der Waals surface area contributed by atoms with Gasteiger partial charge in [0.05, 0.1) is 17.1 Å². The van der Waals surface area contributed by atoms with Gasteiger partial charge in [0, 0.05) is 24.0 Å². The lowest BCUT2D eigenvalue weighted by atomic mass is 10.1. The van der Waals surface area contributed by atoms with E-state index in [1.54, 1.807) is 0 Å². The number of aromatic nitrogens is 1. The van der Waals surface area contributed by atoms with E-state index in [-0.39, 0.29) is 5.91 Å². The zero-order chi connectivity index (χ0) is 16.1. The van der Waals surface area contributed by atoms with Crippen molar-refractivity contribution in [1.82, 2.24) is 15.6 Å². The number of rotatable bonds is 5. The summed E-state index contributed by atoms with van der Waals surface area (Å²) in [6, 6.07) is 7.61. The van der Waals surface area contributed by atoms with Crippen LogP contribution in [0, 0.1) is 0 Å². The molecule has 0 bridgehead atoms. The van der Waals surface area contributed by atoms with Gasteiger partial charge in [0.15, 0.2) is 0 Å². The Morgan fingerprint density at radius 2 is 2.26 bits per heavy atom. The summed E-state index contributed by atoms with van der Waals surface area (Å²) in [5.41, 5.74) is 2.97. The average Bonchev–Trinajstić information content (AvgIpc) is 3.02. The summed E-state index contributed by atoms with van der Waals surface area (Å²) < 4.78 is 0. The maximum atomic E-state index is 12.1. The predicted octanol–water partition coefficient (Wildman–Crippen LogP) is 3.04. The van der Waals surface area contributed by atoms with E-state index < -0.39 is 0 Å². The maximum absolute atomic E-state index is 12.1. The predicted molar refractivity (Wildman–Crippen MR) is 94.8 cm³/mol. The summed E-state index contributed by atoms with van der Waals surface area (Å²) in [5, 5.41) is 9.66. The number of carbonyl (C=O) groups is 1. The Morgan fingerprint density at radius 3 is 3.04 bits per heavy atom. The highest BCUT2D eigenvalue weighted by Gasteiger charge is 2.11. The molecule has 2 aromatic rings. The Hall–Kier alpha value is -1.69. The largest absolute Gasteiger partial charge is 0.352 e. The minimum atomic E-state index is 0.000409. The highest BCUT2D eigenvalue weighted by Crippen LogP contribution is 2.30. The molecule has 1 aromatic carbocycles. The molecule has 0 atom stereocenters. The van der Waals surface area contributed by atoms with E-state index in [1.165, 1.54) is 16.9 Å². The molecule has 1 aliphatic rings. The average molecular weight is 348 g/mol. The van der Waals surface area contributed by atoms with Gasteiger partial charge in [-0.1, -0.05) is 41.4 Å². The first-order valence-corrected chi connectivity index (χ1v) is 8.83. The number of benzene rings is 1. The zero-order valence-electron chi connectivity index (χ0n) is 12.6. The van der Waals surface area contributed by atoms with Crippen LogP contribution in [0.25, 0.3) is 10.6 Å². The quantitative estimate of drug-likeness (QED) is 0.817. The molecule has 120 valence electrons. The van der Waals surface area contributed by atoms with Gasteiger partial charge in [0.1, 0.15) is 5.01 Å². The van der Waals surface area contributed by atoms with E-state index in [1.807, 2.05) is 29.6 Å². The Balaban J connectivity index is 1.57. The van der Waals surface area contributed by atoms with Gasteiger partial charge in [-0.15, -0.1) is 11.3 Å². The van der Waals surface area contributed by atoms with Gasteiger partial charge in [0.2, 0.25) is 5.91 Å². The summed E-state index contributed by atoms with van der Waals surface area (Å²) in [4.78, 5) is 16.6. The van der Waals surface area contributed by atoms with E-state index in [0.717, 1.165) is 35.8 Å². The van der Waals surface area contributed by atoms with E-state index in [4.69, 9.17) is 11.6 Å². The van der Waals surface area contributed by atoms with Gasteiger partial charge >= 0.3 is 0 Å². The molecule has 1 amide bonds. The number of nitrogens with one attached hydrogen (secondary N) is 2. The Labute approximate surface area is 144 Å². The van der Waals surface area contributed by atoms with Crippen molar-refractivity contribution in [1.29, 1.82) is 0 Å². The van der Waals surface area contributed by atoms with Crippen LogP contribution in [-0.4, -0.2) is 30.5 Å². The molecule has 4 nitrogen and oxygen atoms in total. The van der Waals surface area contributed by atoms with Gasteiger partial charge in [-0.05, 0) is 19.0 Å². The van der Waals surface area contributed by atoms with Gasteiger partial charge < -0.3 is 10.6 Å². The van der Waals surface area contributed by atoms with Crippen LogP contribution in [0.2, 0.25) is 5.02 Å². The van der Waals surface area contributed by atoms with Crippen LogP contribution >= 0.6 is 22.9 Å². The number of amides is 1. The molecule has 0 fully saturated rings. The number of nitrogens with zero attached hydrogens (tertiary/aromatic N) is 1. The first-order valence-electron chi connectivity index (χ1n) is 7.57. The third-order valence-corrected chi connectivity index (χ3v) is 4.92. The summed E-state index contributed by atoms with van der Waals surface area (Å²) in [5.74, 6) is 0.000409. The SMILES string of the molecule is O=C(Cc1csc(-c2ccccc2Cl)n1)NCC1=CCNCC1. The molecule has 23 heavy (non-hydrogen) atoms. The highest BCUT2D eigenvalue weighted by molar-refractivity contribution is 7.13. The van der Waals surface area contributed by atoms with Crippen molar-refractivity contribution in [3.63, 3.8) is 0 Å². The Morgan fingerprint density at radius 1 is 1.39 bits per heavy atom. The number of carbonyl (C=O) groups excluding carboxylic acids is 1. The maximum Gasteiger partial charge on any atom is 0.226 e. The zero-order valence-corrected chi connectivity index (χ0v) is 14.2. The third-order valence-electron chi connectivity index (χ3n) is 3.67. The molecule has 3 rings (SSSR count). The molecular formula is C17H18ClN3OS. The molecule has 1 aromatic heterocycles. The van der Waals surface area contributed by atoms with Crippen molar-refractivity contribution in [2.24, 2.45) is 0 Å².